The van der Waals surface area contributed by atoms with E-state index in [0.717, 1.165) is 32.4 Å². The molecule has 0 aromatic rings. The molecule has 2 N–H and O–H groups in total. The molecule has 1 aliphatic rings. The van der Waals surface area contributed by atoms with Crippen molar-refractivity contribution in [1.29, 1.82) is 0 Å². The second kappa shape index (κ2) is 6.80. The molecular formula is C11H22N2O2. The van der Waals surface area contributed by atoms with Crippen LogP contribution in [0.4, 0.5) is 0 Å². The van der Waals surface area contributed by atoms with E-state index in [4.69, 9.17) is 4.74 Å². The summed E-state index contributed by atoms with van der Waals surface area (Å²) in [7, 11) is 1.67. The Kier molecular flexibility index (Phi) is 5.65. The highest BCUT2D eigenvalue weighted by Crippen LogP contribution is 2.04. The van der Waals surface area contributed by atoms with Crippen molar-refractivity contribution in [1.82, 2.24) is 10.6 Å². The molecule has 0 saturated carbocycles. The first-order valence-corrected chi connectivity index (χ1v) is 5.75. The summed E-state index contributed by atoms with van der Waals surface area (Å²) in [6, 6.07) is 0.323. The molecule has 1 aliphatic heterocycles. The van der Waals surface area contributed by atoms with Crippen LogP contribution in [0.5, 0.6) is 0 Å². The lowest BCUT2D eigenvalue weighted by molar-refractivity contribution is -0.122. The van der Waals surface area contributed by atoms with Gasteiger partial charge in [-0.3, -0.25) is 4.79 Å². The summed E-state index contributed by atoms with van der Waals surface area (Å²) in [6.45, 7) is 3.97. The van der Waals surface area contributed by atoms with Crippen molar-refractivity contribution in [2.45, 2.75) is 44.8 Å². The van der Waals surface area contributed by atoms with Crippen LogP contribution in [-0.4, -0.2) is 38.3 Å². The Bertz CT molecular complexity index is 191. The Labute approximate surface area is 91.8 Å². The lowest BCUT2D eigenvalue weighted by Crippen LogP contribution is -2.45. The van der Waals surface area contributed by atoms with E-state index in [0.29, 0.717) is 12.5 Å². The van der Waals surface area contributed by atoms with Gasteiger partial charge in [0.05, 0.1) is 6.10 Å². The van der Waals surface area contributed by atoms with E-state index in [2.05, 4.69) is 10.6 Å². The zero-order valence-corrected chi connectivity index (χ0v) is 9.71. The third-order valence-corrected chi connectivity index (χ3v) is 2.84. The van der Waals surface area contributed by atoms with Crippen molar-refractivity contribution in [3.8, 4) is 0 Å². The van der Waals surface area contributed by atoms with E-state index in [1.54, 1.807) is 7.11 Å². The summed E-state index contributed by atoms with van der Waals surface area (Å²) in [5.74, 6) is 0.146. The topological polar surface area (TPSA) is 50.4 Å². The van der Waals surface area contributed by atoms with E-state index < -0.39 is 0 Å². The molecule has 15 heavy (non-hydrogen) atoms. The first-order valence-electron chi connectivity index (χ1n) is 5.75. The fourth-order valence-electron chi connectivity index (χ4n) is 1.73. The molecular weight excluding hydrogens is 192 g/mol. The maximum absolute atomic E-state index is 11.5. The summed E-state index contributed by atoms with van der Waals surface area (Å²) < 4.78 is 5.10. The SMILES string of the molecule is COC(C)CCC(=O)N[C@H]1CCCNC1. The van der Waals surface area contributed by atoms with Crippen molar-refractivity contribution < 1.29 is 9.53 Å². The van der Waals surface area contributed by atoms with E-state index in [-0.39, 0.29) is 12.0 Å². The number of rotatable bonds is 5. The highest BCUT2D eigenvalue weighted by Gasteiger charge is 2.15. The van der Waals surface area contributed by atoms with Crippen molar-refractivity contribution >= 4 is 5.91 Å². The van der Waals surface area contributed by atoms with Gasteiger partial charge in [-0.25, -0.2) is 0 Å². The second-order valence-electron chi connectivity index (χ2n) is 4.20. The first kappa shape index (κ1) is 12.5. The number of carbonyl (C=O) groups is 1. The normalized spacial score (nSPS) is 23.5. The summed E-state index contributed by atoms with van der Waals surface area (Å²) in [5, 5.41) is 6.32. The van der Waals surface area contributed by atoms with Gasteiger partial charge in [0.25, 0.3) is 0 Å². The van der Waals surface area contributed by atoms with Crippen LogP contribution in [0.25, 0.3) is 0 Å². The van der Waals surface area contributed by atoms with Gasteiger partial charge < -0.3 is 15.4 Å². The van der Waals surface area contributed by atoms with Crippen molar-refractivity contribution in [3.05, 3.63) is 0 Å². The number of amides is 1. The molecule has 0 spiro atoms. The quantitative estimate of drug-likeness (QED) is 0.707. The van der Waals surface area contributed by atoms with E-state index in [1.807, 2.05) is 6.92 Å². The fraction of sp³-hybridized carbons (Fsp3) is 0.909. The van der Waals surface area contributed by atoms with Gasteiger partial charge in [0.1, 0.15) is 0 Å². The van der Waals surface area contributed by atoms with Crippen molar-refractivity contribution in [2.24, 2.45) is 0 Å². The number of hydrogen-bond acceptors (Lipinski definition) is 3. The predicted octanol–water partition coefficient (Wildman–Crippen LogP) is 0.670. The van der Waals surface area contributed by atoms with E-state index in [9.17, 15) is 4.79 Å². The molecule has 0 bridgehead atoms. The summed E-state index contributed by atoms with van der Waals surface area (Å²) in [6.07, 6.45) is 3.77. The average Bonchev–Trinajstić information content (AvgIpc) is 2.27. The first-order chi connectivity index (χ1) is 7.22. The number of nitrogens with one attached hydrogen (secondary N) is 2. The summed E-state index contributed by atoms with van der Waals surface area (Å²) in [5.41, 5.74) is 0. The lowest BCUT2D eigenvalue weighted by atomic mass is 10.1. The number of carbonyl (C=O) groups excluding carboxylic acids is 1. The van der Waals surface area contributed by atoms with Gasteiger partial charge in [-0.2, -0.15) is 0 Å². The van der Waals surface area contributed by atoms with E-state index in [1.165, 1.54) is 0 Å². The fourth-order valence-corrected chi connectivity index (χ4v) is 1.73. The van der Waals surface area contributed by atoms with Crippen molar-refractivity contribution in [3.63, 3.8) is 0 Å². The van der Waals surface area contributed by atoms with Crippen LogP contribution in [0.2, 0.25) is 0 Å². The highest BCUT2D eigenvalue weighted by molar-refractivity contribution is 5.76. The van der Waals surface area contributed by atoms with Crippen LogP contribution in [0, 0.1) is 0 Å². The van der Waals surface area contributed by atoms with Crippen molar-refractivity contribution in [2.75, 3.05) is 20.2 Å². The molecule has 0 aromatic carbocycles. The second-order valence-corrected chi connectivity index (χ2v) is 4.20. The minimum Gasteiger partial charge on any atom is -0.382 e. The molecule has 88 valence electrons. The van der Waals surface area contributed by atoms with Crippen LogP contribution in [-0.2, 0) is 9.53 Å². The molecule has 1 heterocycles. The molecule has 1 unspecified atom stereocenters. The predicted molar refractivity (Wildman–Crippen MR) is 59.7 cm³/mol. The van der Waals surface area contributed by atoms with Gasteiger partial charge >= 0.3 is 0 Å². The minimum atomic E-state index is 0.146. The van der Waals surface area contributed by atoms with Gasteiger partial charge in [0.15, 0.2) is 0 Å². The molecule has 1 amide bonds. The van der Waals surface area contributed by atoms with Crippen LogP contribution >= 0.6 is 0 Å². The van der Waals surface area contributed by atoms with Crippen LogP contribution in [0.15, 0.2) is 0 Å². The molecule has 0 aromatic heterocycles. The lowest BCUT2D eigenvalue weighted by Gasteiger charge is -2.24. The molecule has 0 radical (unpaired) electrons. The number of methoxy groups -OCH3 is 1. The summed E-state index contributed by atoms with van der Waals surface area (Å²) >= 11 is 0. The smallest absolute Gasteiger partial charge is 0.220 e. The molecule has 4 nitrogen and oxygen atoms in total. The molecule has 2 atom stereocenters. The number of ether oxygens (including phenoxy) is 1. The van der Waals surface area contributed by atoms with Crippen LogP contribution < -0.4 is 10.6 Å². The van der Waals surface area contributed by atoms with Gasteiger partial charge in [0.2, 0.25) is 5.91 Å². The zero-order valence-electron chi connectivity index (χ0n) is 9.71. The molecule has 1 fully saturated rings. The van der Waals surface area contributed by atoms with Gasteiger partial charge in [0, 0.05) is 26.1 Å². The maximum atomic E-state index is 11.5. The highest BCUT2D eigenvalue weighted by atomic mass is 16.5. The van der Waals surface area contributed by atoms with Gasteiger partial charge in [-0.1, -0.05) is 0 Å². The Balaban J connectivity index is 2.11. The Hall–Kier alpha value is -0.610. The number of hydrogen-bond donors (Lipinski definition) is 2. The Morgan fingerprint density at radius 3 is 3.07 bits per heavy atom. The third kappa shape index (κ3) is 5.14. The molecule has 0 aliphatic carbocycles. The average molecular weight is 214 g/mol. The molecule has 4 heteroatoms. The Morgan fingerprint density at radius 1 is 1.67 bits per heavy atom. The zero-order chi connectivity index (χ0) is 11.1. The van der Waals surface area contributed by atoms with Crippen LogP contribution in [0.1, 0.15) is 32.6 Å². The maximum Gasteiger partial charge on any atom is 0.220 e. The molecule has 1 saturated heterocycles. The number of piperidine rings is 1. The standard InChI is InChI=1S/C11H22N2O2/c1-9(15-2)5-6-11(14)13-10-4-3-7-12-8-10/h9-10,12H,3-8H2,1-2H3,(H,13,14)/t9?,10-/m0/s1. The van der Waals surface area contributed by atoms with Gasteiger partial charge in [-0.05, 0) is 32.7 Å². The van der Waals surface area contributed by atoms with Gasteiger partial charge in [-0.15, -0.1) is 0 Å². The largest absolute Gasteiger partial charge is 0.382 e. The Morgan fingerprint density at radius 2 is 2.47 bits per heavy atom. The van der Waals surface area contributed by atoms with E-state index >= 15 is 0 Å². The monoisotopic (exact) mass is 214 g/mol. The third-order valence-electron chi connectivity index (χ3n) is 2.84. The molecule has 1 rings (SSSR count). The van der Waals surface area contributed by atoms with Crippen LogP contribution in [0.3, 0.4) is 0 Å². The summed E-state index contributed by atoms with van der Waals surface area (Å²) in [4.78, 5) is 11.5. The minimum absolute atomic E-state index is 0.146.